The van der Waals surface area contributed by atoms with Crippen molar-refractivity contribution in [3.8, 4) is 11.5 Å². The first-order valence-electron chi connectivity index (χ1n) is 11.8. The van der Waals surface area contributed by atoms with Crippen molar-refractivity contribution in [1.29, 1.82) is 0 Å². The Balaban J connectivity index is 1.30. The molecule has 1 atom stereocenters. The Hall–Kier alpha value is -4.20. The van der Waals surface area contributed by atoms with Crippen molar-refractivity contribution in [2.45, 2.75) is 31.2 Å². The van der Waals surface area contributed by atoms with Crippen LogP contribution in [-0.2, 0) is 4.79 Å². The second-order valence-electron chi connectivity index (χ2n) is 8.85. The van der Waals surface area contributed by atoms with Gasteiger partial charge in [-0.05, 0) is 79.3 Å². The Labute approximate surface area is 204 Å². The summed E-state index contributed by atoms with van der Waals surface area (Å²) >= 11 is 0. The number of anilines is 3. The Morgan fingerprint density at radius 3 is 2.71 bits per heavy atom. The van der Waals surface area contributed by atoms with E-state index in [0.29, 0.717) is 36.1 Å². The minimum absolute atomic E-state index is 0.0516. The summed E-state index contributed by atoms with van der Waals surface area (Å²) in [6, 6.07) is 17.3. The van der Waals surface area contributed by atoms with Gasteiger partial charge in [0.15, 0.2) is 0 Å². The van der Waals surface area contributed by atoms with Crippen molar-refractivity contribution >= 4 is 23.0 Å². The fourth-order valence-electron chi connectivity index (χ4n) is 4.37. The number of amides is 1. The van der Waals surface area contributed by atoms with Gasteiger partial charge in [0.1, 0.15) is 17.2 Å². The number of hydrogen-bond donors (Lipinski definition) is 1. The zero-order valence-electron chi connectivity index (χ0n) is 19.3. The molecule has 5 rings (SSSR count). The van der Waals surface area contributed by atoms with Crippen LogP contribution in [0.25, 0.3) is 0 Å². The van der Waals surface area contributed by atoms with Crippen molar-refractivity contribution in [3.05, 3.63) is 90.1 Å². The zero-order valence-corrected chi connectivity index (χ0v) is 19.3. The van der Waals surface area contributed by atoms with E-state index in [9.17, 15) is 9.70 Å². The number of aromatic nitrogens is 1. The van der Waals surface area contributed by atoms with Gasteiger partial charge in [-0.3, -0.25) is 9.78 Å². The molecule has 1 saturated heterocycles. The summed E-state index contributed by atoms with van der Waals surface area (Å²) in [5, 5.41) is 7.99. The number of nitrogens with one attached hydrogen (secondary N) is 1. The highest BCUT2D eigenvalue weighted by Gasteiger charge is 2.26. The molecule has 2 fully saturated rings. The number of rotatable bonds is 9. The van der Waals surface area contributed by atoms with E-state index in [2.05, 4.69) is 34.3 Å². The van der Waals surface area contributed by atoms with Crippen LogP contribution in [0.5, 0.6) is 11.5 Å². The Morgan fingerprint density at radius 2 is 1.97 bits per heavy atom. The zero-order chi connectivity index (χ0) is 24.2. The van der Waals surface area contributed by atoms with Gasteiger partial charge in [-0.2, -0.15) is 5.01 Å². The number of nitrogens with zero attached hydrogens (tertiary/aromatic N) is 4. The van der Waals surface area contributed by atoms with Crippen LogP contribution in [0, 0.1) is 4.91 Å². The molecular formula is C27H27N5O3. The first kappa shape index (κ1) is 22.6. The van der Waals surface area contributed by atoms with Gasteiger partial charge in [0, 0.05) is 25.3 Å². The van der Waals surface area contributed by atoms with Gasteiger partial charge in [0.05, 0.1) is 22.9 Å². The van der Waals surface area contributed by atoms with E-state index in [1.165, 1.54) is 29.5 Å². The van der Waals surface area contributed by atoms with E-state index < -0.39 is 0 Å². The largest absolute Gasteiger partial charge is 0.457 e. The molecule has 178 valence electrons. The second kappa shape index (κ2) is 9.97. The smallest absolute Gasteiger partial charge is 0.246 e. The number of likely N-dealkylation sites (tertiary alicyclic amines) is 1. The number of benzene rings is 2. The Kier molecular flexibility index (Phi) is 6.43. The van der Waals surface area contributed by atoms with Crippen LogP contribution in [0.1, 0.15) is 30.7 Å². The predicted octanol–water partition coefficient (Wildman–Crippen LogP) is 5.77. The molecule has 0 spiro atoms. The van der Waals surface area contributed by atoms with Crippen LogP contribution < -0.4 is 15.1 Å². The van der Waals surface area contributed by atoms with Crippen molar-refractivity contribution in [3.63, 3.8) is 0 Å². The highest BCUT2D eigenvalue weighted by molar-refractivity contribution is 5.87. The Morgan fingerprint density at radius 1 is 1.14 bits per heavy atom. The molecule has 1 aliphatic heterocycles. The lowest BCUT2D eigenvalue weighted by Gasteiger charge is -2.22. The highest BCUT2D eigenvalue weighted by Crippen LogP contribution is 2.41. The molecule has 35 heavy (non-hydrogen) atoms. The average Bonchev–Trinajstić information content (AvgIpc) is 3.65. The SMILES string of the molecule is C=CC(=O)N1CCC(Nc2ccncc2N(N=O)c2ccc(Oc3cccc(C4CC4)c3)cc2)C1. The number of carbonyl (C=O) groups excluding carboxylic acids is 1. The maximum atomic E-state index is 11.9. The van der Waals surface area contributed by atoms with Gasteiger partial charge in [0.25, 0.3) is 0 Å². The fraction of sp³-hybridized carbons (Fsp3) is 0.259. The van der Waals surface area contributed by atoms with Crippen molar-refractivity contribution < 1.29 is 9.53 Å². The predicted molar refractivity (Wildman–Crippen MR) is 136 cm³/mol. The number of nitroso groups, excluding NO2 is 1. The Bertz CT molecular complexity index is 1230. The van der Waals surface area contributed by atoms with Crippen LogP contribution in [0.2, 0.25) is 0 Å². The van der Waals surface area contributed by atoms with E-state index in [-0.39, 0.29) is 11.9 Å². The van der Waals surface area contributed by atoms with Crippen molar-refractivity contribution in [1.82, 2.24) is 9.88 Å². The molecule has 1 saturated carbocycles. The van der Waals surface area contributed by atoms with E-state index in [4.69, 9.17) is 4.74 Å². The number of ether oxygens (including phenoxy) is 1. The molecule has 2 aromatic carbocycles. The first-order valence-corrected chi connectivity index (χ1v) is 11.8. The molecule has 0 radical (unpaired) electrons. The molecule has 1 aromatic heterocycles. The van der Waals surface area contributed by atoms with Crippen LogP contribution >= 0.6 is 0 Å². The monoisotopic (exact) mass is 469 g/mol. The van der Waals surface area contributed by atoms with E-state index in [1.807, 2.05) is 24.3 Å². The van der Waals surface area contributed by atoms with E-state index in [0.717, 1.165) is 17.9 Å². The van der Waals surface area contributed by atoms with Crippen molar-refractivity contribution in [2.24, 2.45) is 5.29 Å². The maximum Gasteiger partial charge on any atom is 0.246 e. The molecular weight excluding hydrogens is 442 g/mol. The quantitative estimate of drug-likeness (QED) is 0.243. The molecule has 8 heteroatoms. The fourth-order valence-corrected chi connectivity index (χ4v) is 4.37. The summed E-state index contributed by atoms with van der Waals surface area (Å²) in [6.45, 7) is 4.78. The minimum Gasteiger partial charge on any atom is -0.457 e. The second-order valence-corrected chi connectivity index (χ2v) is 8.85. The van der Waals surface area contributed by atoms with Crippen molar-refractivity contribution in [2.75, 3.05) is 23.4 Å². The molecule has 2 heterocycles. The lowest BCUT2D eigenvalue weighted by atomic mass is 10.1. The van der Waals surface area contributed by atoms with Gasteiger partial charge >= 0.3 is 0 Å². The molecule has 3 aromatic rings. The minimum atomic E-state index is -0.0815. The van der Waals surface area contributed by atoms with E-state index >= 15 is 0 Å². The topological polar surface area (TPSA) is 87.1 Å². The van der Waals surface area contributed by atoms with Gasteiger partial charge < -0.3 is 15.0 Å². The summed E-state index contributed by atoms with van der Waals surface area (Å²) in [7, 11) is 0. The number of carbonyl (C=O) groups is 1. The molecule has 1 aliphatic carbocycles. The lowest BCUT2D eigenvalue weighted by molar-refractivity contribution is -0.125. The third-order valence-corrected chi connectivity index (χ3v) is 6.37. The standard InChI is InChI=1S/C27H27N5O3/c1-2-27(33)31-15-13-21(18-31)29-25-12-14-28-17-26(25)32(30-34)22-8-10-23(11-9-22)35-24-5-3-4-20(16-24)19-6-7-19/h2-5,8-12,14,16-17,19,21H,1,6-7,13,15,18H2,(H,28,29). The molecule has 1 unspecified atom stereocenters. The summed E-state index contributed by atoms with van der Waals surface area (Å²) in [5.74, 6) is 2.05. The van der Waals surface area contributed by atoms with Crippen LogP contribution in [0.4, 0.5) is 17.1 Å². The van der Waals surface area contributed by atoms with E-state index in [1.54, 1.807) is 35.5 Å². The highest BCUT2D eigenvalue weighted by atomic mass is 16.5. The van der Waals surface area contributed by atoms with Crippen LogP contribution in [-0.4, -0.2) is 34.9 Å². The third kappa shape index (κ3) is 5.16. The maximum absolute atomic E-state index is 11.9. The van der Waals surface area contributed by atoms with Gasteiger partial charge in [-0.25, -0.2) is 0 Å². The van der Waals surface area contributed by atoms with Gasteiger partial charge in [0.2, 0.25) is 5.91 Å². The average molecular weight is 470 g/mol. The van der Waals surface area contributed by atoms with Crippen LogP contribution in [0.15, 0.2) is 84.9 Å². The van der Waals surface area contributed by atoms with Crippen LogP contribution in [0.3, 0.4) is 0 Å². The van der Waals surface area contributed by atoms with Gasteiger partial charge in [-0.15, -0.1) is 4.91 Å². The lowest BCUT2D eigenvalue weighted by Crippen LogP contribution is -2.30. The number of hydrogen-bond acceptors (Lipinski definition) is 6. The summed E-state index contributed by atoms with van der Waals surface area (Å²) < 4.78 is 6.03. The summed E-state index contributed by atoms with van der Waals surface area (Å²) in [5.41, 5.74) is 3.15. The molecule has 1 N–H and O–H groups in total. The summed E-state index contributed by atoms with van der Waals surface area (Å²) in [6.07, 6.45) is 7.86. The number of pyridine rings is 1. The third-order valence-electron chi connectivity index (χ3n) is 6.37. The molecule has 1 amide bonds. The summed E-state index contributed by atoms with van der Waals surface area (Å²) in [4.78, 5) is 29.7. The van der Waals surface area contributed by atoms with Gasteiger partial charge in [-0.1, -0.05) is 18.7 Å². The molecule has 2 aliphatic rings. The normalized spacial score (nSPS) is 17.0. The first-order chi connectivity index (χ1) is 17.1. The molecule has 8 nitrogen and oxygen atoms in total. The molecule has 0 bridgehead atoms.